The number of rotatable bonds is 7. The minimum absolute atomic E-state index is 0.0902. The van der Waals surface area contributed by atoms with Crippen molar-refractivity contribution in [3.63, 3.8) is 0 Å². The lowest BCUT2D eigenvalue weighted by Crippen LogP contribution is -2.40. The van der Waals surface area contributed by atoms with Crippen LogP contribution in [-0.2, 0) is 14.3 Å². The first kappa shape index (κ1) is 20.9. The summed E-state index contributed by atoms with van der Waals surface area (Å²) in [6, 6.07) is 7.39. The SMILES string of the molecule is CCOC(=O)C1CCN(C(=O)CCCOc2ccc3nc4[nH]c(=O)[nH]c4cc3c2)CC1. The van der Waals surface area contributed by atoms with Crippen LogP contribution in [0.4, 0.5) is 0 Å². The third-order valence-corrected chi connectivity index (χ3v) is 5.54. The minimum Gasteiger partial charge on any atom is -0.494 e. The van der Waals surface area contributed by atoms with Crippen molar-refractivity contribution in [2.75, 3.05) is 26.3 Å². The average Bonchev–Trinajstić information content (AvgIpc) is 3.13. The van der Waals surface area contributed by atoms with Gasteiger partial charge in [-0.3, -0.25) is 14.6 Å². The number of carbonyl (C=O) groups excluding carboxylic acids is 2. The summed E-state index contributed by atoms with van der Waals surface area (Å²) >= 11 is 0. The van der Waals surface area contributed by atoms with Crippen LogP contribution < -0.4 is 10.4 Å². The van der Waals surface area contributed by atoms with E-state index in [1.54, 1.807) is 6.92 Å². The molecule has 164 valence electrons. The van der Waals surface area contributed by atoms with Crippen LogP contribution in [0, 0.1) is 5.92 Å². The maximum atomic E-state index is 12.4. The standard InChI is InChI=1S/C22H26N4O5/c1-2-30-21(28)14-7-9-26(10-8-14)19(27)4-3-11-31-16-5-6-17-15(12-16)13-18-20(23-17)25-22(29)24-18/h5-6,12-14H,2-4,7-11H2,1H3,(H2,23,24,25,29). The monoisotopic (exact) mass is 426 g/mol. The van der Waals surface area contributed by atoms with Gasteiger partial charge in [-0.1, -0.05) is 0 Å². The molecule has 1 saturated heterocycles. The number of nitrogens with one attached hydrogen (secondary N) is 2. The molecule has 31 heavy (non-hydrogen) atoms. The molecule has 1 fully saturated rings. The Bertz CT molecular complexity index is 1140. The molecule has 2 aromatic heterocycles. The van der Waals surface area contributed by atoms with Gasteiger partial charge in [-0.2, -0.15) is 0 Å². The number of aromatic amines is 2. The summed E-state index contributed by atoms with van der Waals surface area (Å²) in [6.45, 7) is 3.80. The van der Waals surface area contributed by atoms with E-state index in [1.807, 2.05) is 29.2 Å². The number of fused-ring (bicyclic) bond motifs is 2. The number of benzene rings is 1. The number of pyridine rings is 1. The van der Waals surface area contributed by atoms with Gasteiger partial charge >= 0.3 is 11.7 Å². The number of nitrogens with zero attached hydrogens (tertiary/aromatic N) is 2. The number of ether oxygens (including phenoxy) is 2. The topological polar surface area (TPSA) is 117 Å². The quantitative estimate of drug-likeness (QED) is 0.442. The molecular weight excluding hydrogens is 400 g/mol. The molecule has 3 aromatic rings. The van der Waals surface area contributed by atoms with Crippen LogP contribution in [0.15, 0.2) is 29.1 Å². The van der Waals surface area contributed by atoms with Gasteiger partial charge in [0.15, 0.2) is 5.65 Å². The highest BCUT2D eigenvalue weighted by Gasteiger charge is 2.27. The number of likely N-dealkylation sites (tertiary alicyclic amines) is 1. The second-order valence-electron chi connectivity index (χ2n) is 7.68. The zero-order chi connectivity index (χ0) is 21.8. The molecule has 2 N–H and O–H groups in total. The summed E-state index contributed by atoms with van der Waals surface area (Å²) in [6.07, 6.45) is 2.33. The van der Waals surface area contributed by atoms with Crippen molar-refractivity contribution >= 4 is 33.9 Å². The van der Waals surface area contributed by atoms with E-state index >= 15 is 0 Å². The summed E-state index contributed by atoms with van der Waals surface area (Å²) in [5.41, 5.74) is 1.64. The molecule has 1 amide bonds. The van der Waals surface area contributed by atoms with Crippen molar-refractivity contribution in [3.05, 3.63) is 34.7 Å². The van der Waals surface area contributed by atoms with E-state index in [0.29, 0.717) is 68.9 Å². The van der Waals surface area contributed by atoms with Gasteiger partial charge < -0.3 is 19.4 Å². The Labute approximate surface area is 178 Å². The zero-order valence-corrected chi connectivity index (χ0v) is 17.5. The van der Waals surface area contributed by atoms with Gasteiger partial charge in [0.1, 0.15) is 5.75 Å². The predicted octanol–water partition coefficient (Wildman–Crippen LogP) is 2.37. The molecule has 0 spiro atoms. The first-order chi connectivity index (χ1) is 15.0. The van der Waals surface area contributed by atoms with Crippen LogP contribution in [0.1, 0.15) is 32.6 Å². The molecule has 0 atom stereocenters. The summed E-state index contributed by atoms with van der Waals surface area (Å²) in [4.78, 5) is 47.2. The Morgan fingerprint density at radius 3 is 2.77 bits per heavy atom. The molecule has 0 aliphatic carbocycles. The fourth-order valence-corrected chi connectivity index (χ4v) is 3.89. The Morgan fingerprint density at radius 1 is 1.19 bits per heavy atom. The lowest BCUT2D eigenvalue weighted by Gasteiger charge is -2.31. The van der Waals surface area contributed by atoms with Gasteiger partial charge in [0.2, 0.25) is 5.91 Å². The smallest absolute Gasteiger partial charge is 0.325 e. The van der Waals surface area contributed by atoms with Crippen molar-refractivity contribution < 1.29 is 19.1 Å². The fraction of sp³-hybridized carbons (Fsp3) is 0.455. The summed E-state index contributed by atoms with van der Waals surface area (Å²) < 4.78 is 10.9. The molecule has 4 rings (SSSR count). The van der Waals surface area contributed by atoms with E-state index in [9.17, 15) is 14.4 Å². The number of imidazole rings is 1. The summed E-state index contributed by atoms with van der Waals surface area (Å²) in [7, 11) is 0. The second kappa shape index (κ2) is 9.20. The summed E-state index contributed by atoms with van der Waals surface area (Å²) in [5, 5.41) is 0.862. The van der Waals surface area contributed by atoms with Gasteiger partial charge in [0, 0.05) is 24.9 Å². The fourth-order valence-electron chi connectivity index (χ4n) is 3.89. The average molecular weight is 426 g/mol. The number of hydrogen-bond acceptors (Lipinski definition) is 6. The van der Waals surface area contributed by atoms with Crippen molar-refractivity contribution in [2.45, 2.75) is 32.6 Å². The molecule has 3 heterocycles. The predicted molar refractivity (Wildman–Crippen MR) is 115 cm³/mol. The van der Waals surface area contributed by atoms with Gasteiger partial charge in [-0.15, -0.1) is 0 Å². The third kappa shape index (κ3) is 4.87. The Morgan fingerprint density at radius 2 is 2.00 bits per heavy atom. The van der Waals surface area contributed by atoms with Gasteiger partial charge in [-0.05, 0) is 50.5 Å². The molecule has 9 heteroatoms. The highest BCUT2D eigenvalue weighted by atomic mass is 16.5. The van der Waals surface area contributed by atoms with Crippen molar-refractivity contribution in [1.82, 2.24) is 19.9 Å². The van der Waals surface area contributed by atoms with Gasteiger partial charge in [-0.25, -0.2) is 9.78 Å². The molecule has 0 unspecified atom stereocenters. The third-order valence-electron chi connectivity index (χ3n) is 5.54. The van der Waals surface area contributed by atoms with Crippen molar-refractivity contribution in [3.8, 4) is 5.75 Å². The van der Waals surface area contributed by atoms with Crippen molar-refractivity contribution in [1.29, 1.82) is 0 Å². The van der Waals surface area contributed by atoms with Gasteiger partial charge in [0.05, 0.1) is 30.2 Å². The van der Waals surface area contributed by atoms with Crippen LogP contribution in [0.2, 0.25) is 0 Å². The Kier molecular flexibility index (Phi) is 6.20. The normalized spacial score (nSPS) is 14.8. The molecule has 1 aliphatic heterocycles. The Hall–Kier alpha value is -3.36. The number of amides is 1. The number of esters is 1. The first-order valence-electron chi connectivity index (χ1n) is 10.6. The van der Waals surface area contributed by atoms with E-state index in [-0.39, 0.29) is 23.5 Å². The number of H-pyrrole nitrogens is 2. The van der Waals surface area contributed by atoms with Gasteiger partial charge in [0.25, 0.3) is 0 Å². The van der Waals surface area contributed by atoms with E-state index in [2.05, 4.69) is 15.0 Å². The van der Waals surface area contributed by atoms with Crippen LogP contribution in [-0.4, -0.2) is 58.0 Å². The molecular formula is C22H26N4O5. The van der Waals surface area contributed by atoms with E-state index in [4.69, 9.17) is 9.47 Å². The molecule has 1 aliphatic rings. The maximum Gasteiger partial charge on any atom is 0.325 e. The molecule has 0 bridgehead atoms. The van der Waals surface area contributed by atoms with Crippen LogP contribution in [0.25, 0.3) is 22.1 Å². The number of hydrogen-bond donors (Lipinski definition) is 2. The molecule has 0 saturated carbocycles. The largest absolute Gasteiger partial charge is 0.494 e. The number of piperidine rings is 1. The highest BCUT2D eigenvalue weighted by Crippen LogP contribution is 2.23. The number of carbonyl (C=O) groups is 2. The minimum atomic E-state index is -0.288. The lowest BCUT2D eigenvalue weighted by molar-refractivity contribution is -0.151. The van der Waals surface area contributed by atoms with Crippen molar-refractivity contribution in [2.24, 2.45) is 5.92 Å². The number of aromatic nitrogens is 3. The lowest BCUT2D eigenvalue weighted by atomic mass is 9.97. The first-order valence-corrected chi connectivity index (χ1v) is 10.6. The van der Waals surface area contributed by atoms with E-state index in [0.717, 1.165) is 10.9 Å². The molecule has 9 nitrogen and oxygen atoms in total. The molecule has 1 aromatic carbocycles. The van der Waals surface area contributed by atoms with Crippen LogP contribution in [0.3, 0.4) is 0 Å². The zero-order valence-electron chi connectivity index (χ0n) is 17.5. The van der Waals surface area contributed by atoms with Crippen LogP contribution >= 0.6 is 0 Å². The van der Waals surface area contributed by atoms with E-state index in [1.165, 1.54) is 0 Å². The summed E-state index contributed by atoms with van der Waals surface area (Å²) in [5.74, 6) is 0.527. The Balaban J connectivity index is 1.24. The maximum absolute atomic E-state index is 12.4. The van der Waals surface area contributed by atoms with Crippen LogP contribution in [0.5, 0.6) is 5.75 Å². The van der Waals surface area contributed by atoms with E-state index < -0.39 is 0 Å². The molecule has 0 radical (unpaired) electrons. The highest BCUT2D eigenvalue weighted by molar-refractivity contribution is 5.90. The second-order valence-corrected chi connectivity index (χ2v) is 7.68.